The van der Waals surface area contributed by atoms with Crippen LogP contribution in [0.2, 0.25) is 5.02 Å². The number of carbonyl (C=O) groups is 1. The summed E-state index contributed by atoms with van der Waals surface area (Å²) >= 11 is 11.1. The van der Waals surface area contributed by atoms with E-state index in [1.165, 1.54) is 18.2 Å². The molecule has 1 aliphatic carbocycles. The van der Waals surface area contributed by atoms with Crippen molar-refractivity contribution >= 4 is 34.7 Å². The molecule has 0 unspecified atom stereocenters. The smallest absolute Gasteiger partial charge is 0.255 e. The number of phenols is 1. The van der Waals surface area contributed by atoms with Gasteiger partial charge in [0.25, 0.3) is 5.91 Å². The minimum Gasteiger partial charge on any atom is -0.507 e. The topological polar surface area (TPSA) is 75.3 Å². The van der Waals surface area contributed by atoms with Crippen LogP contribution in [-0.4, -0.2) is 21.5 Å². The van der Waals surface area contributed by atoms with E-state index in [0.29, 0.717) is 10.0 Å². The lowest BCUT2D eigenvalue weighted by Gasteiger charge is -2.33. The number of aromatic hydroxyl groups is 1. The SMILES string of the molecule is NC(=S)C1(NC(=O)c2cc(Cl)ccc2O)CCCCCC1. The third-order valence-electron chi connectivity index (χ3n) is 3.98. The monoisotopic (exact) mass is 326 g/mol. The quantitative estimate of drug-likeness (QED) is 0.589. The predicted octanol–water partition coefficient (Wildman–Crippen LogP) is 3.15. The average molecular weight is 327 g/mol. The number of thiocarbonyl (C=S) groups is 1. The summed E-state index contributed by atoms with van der Waals surface area (Å²) in [4.78, 5) is 12.8. The zero-order chi connectivity index (χ0) is 15.5. The molecular formula is C15H19ClN2O2S. The number of halogens is 1. The van der Waals surface area contributed by atoms with Crippen molar-refractivity contribution in [1.29, 1.82) is 0 Å². The van der Waals surface area contributed by atoms with E-state index in [1.807, 2.05) is 0 Å². The Morgan fingerprint density at radius 3 is 2.48 bits per heavy atom. The van der Waals surface area contributed by atoms with Gasteiger partial charge in [0.1, 0.15) is 5.75 Å². The van der Waals surface area contributed by atoms with Gasteiger partial charge < -0.3 is 16.2 Å². The predicted molar refractivity (Wildman–Crippen MR) is 87.8 cm³/mol. The molecule has 114 valence electrons. The Labute approximate surface area is 134 Å². The molecule has 4 nitrogen and oxygen atoms in total. The van der Waals surface area contributed by atoms with Crippen molar-refractivity contribution in [1.82, 2.24) is 5.32 Å². The molecule has 1 aliphatic rings. The molecule has 1 amide bonds. The molecule has 0 aromatic heterocycles. The van der Waals surface area contributed by atoms with Crippen LogP contribution in [0.1, 0.15) is 48.9 Å². The molecule has 0 aliphatic heterocycles. The first-order valence-electron chi connectivity index (χ1n) is 7.05. The molecule has 0 bridgehead atoms. The largest absolute Gasteiger partial charge is 0.507 e. The summed E-state index contributed by atoms with van der Waals surface area (Å²) in [7, 11) is 0. The van der Waals surface area contributed by atoms with Gasteiger partial charge in [-0.3, -0.25) is 4.79 Å². The van der Waals surface area contributed by atoms with Gasteiger partial charge in [0.05, 0.1) is 16.1 Å². The first-order valence-corrected chi connectivity index (χ1v) is 7.84. The van der Waals surface area contributed by atoms with Crippen LogP contribution in [0.25, 0.3) is 0 Å². The minimum atomic E-state index is -0.669. The molecule has 21 heavy (non-hydrogen) atoms. The standard InChI is InChI=1S/C15H19ClN2O2S/c16-10-5-6-12(19)11(9-10)13(20)18-15(14(17)21)7-3-1-2-4-8-15/h5-6,9,19H,1-4,7-8H2,(H2,17,21)(H,18,20). The Balaban J connectivity index is 2.26. The Kier molecular flexibility index (Phi) is 5.06. The van der Waals surface area contributed by atoms with Crippen molar-refractivity contribution in [2.45, 2.75) is 44.1 Å². The molecule has 6 heteroatoms. The molecular weight excluding hydrogens is 308 g/mol. The van der Waals surface area contributed by atoms with Crippen LogP contribution in [-0.2, 0) is 0 Å². The van der Waals surface area contributed by atoms with E-state index in [-0.39, 0.29) is 11.3 Å². The molecule has 2 rings (SSSR count). The van der Waals surface area contributed by atoms with Gasteiger partial charge in [-0.1, -0.05) is 49.5 Å². The summed E-state index contributed by atoms with van der Waals surface area (Å²) in [6, 6.07) is 4.37. The maximum absolute atomic E-state index is 12.5. The highest BCUT2D eigenvalue weighted by Gasteiger charge is 2.36. The molecule has 1 aromatic rings. The Morgan fingerprint density at radius 2 is 1.90 bits per heavy atom. The molecule has 4 N–H and O–H groups in total. The van der Waals surface area contributed by atoms with Crippen LogP contribution in [0.5, 0.6) is 5.75 Å². The van der Waals surface area contributed by atoms with Gasteiger partial charge in [0.2, 0.25) is 0 Å². The summed E-state index contributed by atoms with van der Waals surface area (Å²) in [5, 5.41) is 13.2. The third kappa shape index (κ3) is 3.66. The number of carbonyl (C=O) groups excluding carboxylic acids is 1. The molecule has 1 saturated carbocycles. The van der Waals surface area contributed by atoms with E-state index < -0.39 is 11.4 Å². The lowest BCUT2D eigenvalue weighted by Crippen LogP contribution is -2.56. The molecule has 0 spiro atoms. The molecule has 0 atom stereocenters. The fourth-order valence-electron chi connectivity index (χ4n) is 2.74. The summed E-state index contributed by atoms with van der Waals surface area (Å²) in [6.07, 6.45) is 5.63. The van der Waals surface area contributed by atoms with E-state index >= 15 is 0 Å². The van der Waals surface area contributed by atoms with E-state index in [4.69, 9.17) is 29.6 Å². The third-order valence-corrected chi connectivity index (χ3v) is 4.61. The van der Waals surface area contributed by atoms with E-state index in [0.717, 1.165) is 38.5 Å². The maximum atomic E-state index is 12.5. The van der Waals surface area contributed by atoms with Gasteiger partial charge >= 0.3 is 0 Å². The maximum Gasteiger partial charge on any atom is 0.255 e. The van der Waals surface area contributed by atoms with E-state index in [1.54, 1.807) is 0 Å². The second-order valence-corrected chi connectivity index (χ2v) is 6.35. The van der Waals surface area contributed by atoms with Gasteiger partial charge in [-0.2, -0.15) is 0 Å². The number of phenolic OH excluding ortho intramolecular Hbond substituents is 1. The lowest BCUT2D eigenvalue weighted by atomic mass is 9.89. The van der Waals surface area contributed by atoms with E-state index in [9.17, 15) is 9.90 Å². The number of amides is 1. The molecule has 1 aromatic carbocycles. The highest BCUT2D eigenvalue weighted by Crippen LogP contribution is 2.29. The first kappa shape index (κ1) is 16.0. The fourth-order valence-corrected chi connectivity index (χ4v) is 3.17. The fraction of sp³-hybridized carbons (Fsp3) is 0.467. The van der Waals surface area contributed by atoms with Crippen molar-refractivity contribution in [3.05, 3.63) is 28.8 Å². The summed E-state index contributed by atoms with van der Waals surface area (Å²) in [6.45, 7) is 0. The Morgan fingerprint density at radius 1 is 1.29 bits per heavy atom. The molecule has 0 heterocycles. The van der Waals surface area contributed by atoms with Crippen molar-refractivity contribution in [2.24, 2.45) is 5.73 Å². The summed E-state index contributed by atoms with van der Waals surface area (Å²) < 4.78 is 0. The summed E-state index contributed by atoms with van der Waals surface area (Å²) in [5.41, 5.74) is 5.37. The zero-order valence-electron chi connectivity index (χ0n) is 11.7. The van der Waals surface area contributed by atoms with Crippen molar-refractivity contribution < 1.29 is 9.90 Å². The molecule has 1 fully saturated rings. The zero-order valence-corrected chi connectivity index (χ0v) is 13.3. The highest BCUT2D eigenvalue weighted by molar-refractivity contribution is 7.80. The van der Waals surface area contributed by atoms with Crippen LogP contribution in [0.3, 0.4) is 0 Å². The average Bonchev–Trinajstić information content (AvgIpc) is 2.68. The van der Waals surface area contributed by atoms with Gasteiger partial charge in [-0.15, -0.1) is 0 Å². The molecule has 0 radical (unpaired) electrons. The number of hydrogen-bond acceptors (Lipinski definition) is 3. The van der Waals surface area contributed by atoms with Crippen LogP contribution in [0, 0.1) is 0 Å². The van der Waals surface area contributed by atoms with Gasteiger partial charge in [-0.25, -0.2) is 0 Å². The van der Waals surface area contributed by atoms with Crippen molar-refractivity contribution in [2.75, 3.05) is 0 Å². The second kappa shape index (κ2) is 6.62. The number of nitrogens with one attached hydrogen (secondary N) is 1. The number of nitrogens with two attached hydrogens (primary N) is 1. The second-order valence-electron chi connectivity index (χ2n) is 5.48. The minimum absolute atomic E-state index is 0.108. The molecule has 0 saturated heterocycles. The number of benzene rings is 1. The Bertz CT molecular complexity index is 555. The number of rotatable bonds is 3. The summed E-state index contributed by atoms with van der Waals surface area (Å²) in [5.74, 6) is -0.506. The van der Waals surface area contributed by atoms with Crippen LogP contribution < -0.4 is 11.1 Å². The van der Waals surface area contributed by atoms with Crippen molar-refractivity contribution in [3.63, 3.8) is 0 Å². The van der Waals surface area contributed by atoms with Gasteiger partial charge in [-0.05, 0) is 31.0 Å². The highest BCUT2D eigenvalue weighted by atomic mass is 35.5. The number of hydrogen-bond donors (Lipinski definition) is 3. The van der Waals surface area contributed by atoms with Gasteiger partial charge in [0, 0.05) is 5.02 Å². The Hall–Kier alpha value is -1.33. The van der Waals surface area contributed by atoms with Gasteiger partial charge in [0.15, 0.2) is 0 Å². The van der Waals surface area contributed by atoms with Crippen LogP contribution in [0.15, 0.2) is 18.2 Å². The first-order chi connectivity index (χ1) is 9.94. The van der Waals surface area contributed by atoms with Crippen molar-refractivity contribution in [3.8, 4) is 5.75 Å². The van der Waals surface area contributed by atoms with Crippen LogP contribution in [0.4, 0.5) is 0 Å². The van der Waals surface area contributed by atoms with E-state index in [2.05, 4.69) is 5.32 Å². The normalized spacial score (nSPS) is 17.8. The lowest BCUT2D eigenvalue weighted by molar-refractivity contribution is 0.0915. The van der Waals surface area contributed by atoms with Crippen LogP contribution >= 0.6 is 23.8 Å².